The zero-order chi connectivity index (χ0) is 20.5. The molecule has 0 aliphatic rings. The second-order valence-electron chi connectivity index (χ2n) is 6.91. The predicted molar refractivity (Wildman–Crippen MR) is 113 cm³/mol. The van der Waals surface area contributed by atoms with Crippen LogP contribution in [0.3, 0.4) is 0 Å². The fourth-order valence-corrected chi connectivity index (χ4v) is 3.25. The van der Waals surface area contributed by atoms with E-state index in [1.807, 2.05) is 19.9 Å². The smallest absolute Gasteiger partial charge is 0.235 e. The lowest BCUT2D eigenvalue weighted by Gasteiger charge is -2.13. The Morgan fingerprint density at radius 1 is 1.00 bits per heavy atom. The maximum atomic E-state index is 14.0. The summed E-state index contributed by atoms with van der Waals surface area (Å²) in [6.45, 7) is 3.80. The highest BCUT2D eigenvalue weighted by molar-refractivity contribution is 6.30. The van der Waals surface area contributed by atoms with Crippen molar-refractivity contribution in [2.75, 3.05) is 0 Å². The van der Waals surface area contributed by atoms with E-state index < -0.39 is 5.82 Å². The number of rotatable bonds is 4. The van der Waals surface area contributed by atoms with Crippen LogP contribution in [-0.2, 0) is 6.61 Å². The highest BCUT2D eigenvalue weighted by Gasteiger charge is 2.19. The maximum absolute atomic E-state index is 14.0. The third-order valence-electron chi connectivity index (χ3n) is 4.90. The highest BCUT2D eigenvalue weighted by atomic mass is 35.5. The summed E-state index contributed by atoms with van der Waals surface area (Å²) in [5, 5.41) is 0.992. The highest BCUT2D eigenvalue weighted by Crippen LogP contribution is 2.33. The molecule has 146 valence electrons. The van der Waals surface area contributed by atoms with Gasteiger partial charge in [-0.25, -0.2) is 4.39 Å². The molecule has 0 bridgehead atoms. The molecule has 0 aliphatic carbocycles. The Morgan fingerprint density at radius 2 is 1.69 bits per heavy atom. The van der Waals surface area contributed by atoms with E-state index >= 15 is 0 Å². The van der Waals surface area contributed by atoms with Gasteiger partial charge >= 0.3 is 0 Å². The van der Waals surface area contributed by atoms with Crippen molar-refractivity contribution in [3.05, 3.63) is 98.4 Å². The molecule has 0 spiro atoms. The van der Waals surface area contributed by atoms with Gasteiger partial charge in [-0.1, -0.05) is 29.8 Å². The molecule has 4 rings (SSSR count). The van der Waals surface area contributed by atoms with Crippen LogP contribution < -0.4 is 10.2 Å². The third-order valence-corrected chi connectivity index (χ3v) is 5.15. The molecule has 0 radical (unpaired) electrons. The summed E-state index contributed by atoms with van der Waals surface area (Å²) < 4.78 is 25.9. The first-order valence-electron chi connectivity index (χ1n) is 9.14. The van der Waals surface area contributed by atoms with Crippen molar-refractivity contribution < 1.29 is 13.5 Å². The fourth-order valence-electron chi connectivity index (χ4n) is 3.12. The Balaban J connectivity index is 1.89. The molecular formula is C24H18ClFO3. The second-order valence-corrected chi connectivity index (χ2v) is 7.35. The van der Waals surface area contributed by atoms with Gasteiger partial charge in [-0.15, -0.1) is 0 Å². The summed E-state index contributed by atoms with van der Waals surface area (Å²) in [7, 11) is 0. The summed E-state index contributed by atoms with van der Waals surface area (Å²) in [6, 6.07) is 16.9. The van der Waals surface area contributed by atoms with Crippen molar-refractivity contribution in [1.29, 1.82) is 0 Å². The molecule has 0 atom stereocenters. The minimum Gasteiger partial charge on any atom is -0.481 e. The van der Waals surface area contributed by atoms with E-state index in [1.54, 1.807) is 48.5 Å². The summed E-state index contributed by atoms with van der Waals surface area (Å²) in [4.78, 5) is 13.3. The molecule has 5 heteroatoms. The van der Waals surface area contributed by atoms with E-state index in [0.29, 0.717) is 32.9 Å². The third kappa shape index (κ3) is 3.76. The van der Waals surface area contributed by atoms with Gasteiger partial charge in [0.05, 0.1) is 5.39 Å². The molecule has 4 aromatic rings. The van der Waals surface area contributed by atoms with Crippen molar-refractivity contribution in [1.82, 2.24) is 0 Å². The molecule has 3 aromatic carbocycles. The predicted octanol–water partition coefficient (Wildman–Crippen LogP) is 6.45. The van der Waals surface area contributed by atoms with Gasteiger partial charge in [-0.05, 0) is 67.4 Å². The molecule has 0 unspecified atom stereocenters. The van der Waals surface area contributed by atoms with Crippen LogP contribution in [0, 0.1) is 19.7 Å². The SMILES string of the molecule is Cc1cc2oc(-c3ccc(Cl)cc3)c(OCc3ccccc3F)c(=O)c2cc1C. The Labute approximate surface area is 172 Å². The number of aryl methyl sites for hydroxylation is 2. The van der Waals surface area contributed by atoms with Gasteiger partial charge in [0, 0.05) is 16.1 Å². The van der Waals surface area contributed by atoms with Gasteiger partial charge in [-0.3, -0.25) is 4.79 Å². The molecule has 1 aromatic heterocycles. The fraction of sp³-hybridized carbons (Fsp3) is 0.125. The molecule has 0 aliphatic heterocycles. The van der Waals surface area contributed by atoms with Crippen LogP contribution in [0.4, 0.5) is 4.39 Å². The molecule has 1 heterocycles. The quantitative estimate of drug-likeness (QED) is 0.389. The summed E-state index contributed by atoms with van der Waals surface area (Å²) in [5.74, 6) is -0.0534. The first-order chi connectivity index (χ1) is 13.9. The standard InChI is InChI=1S/C24H18ClFO3/c1-14-11-19-21(12-15(14)2)29-23(16-7-9-18(25)10-8-16)24(22(19)27)28-13-17-5-3-4-6-20(17)26/h3-12H,13H2,1-2H3. The first-order valence-corrected chi connectivity index (χ1v) is 9.52. The van der Waals surface area contributed by atoms with Crippen molar-refractivity contribution in [2.24, 2.45) is 0 Å². The molecule has 0 amide bonds. The van der Waals surface area contributed by atoms with Crippen molar-refractivity contribution >= 4 is 22.6 Å². The van der Waals surface area contributed by atoms with Crippen molar-refractivity contribution in [2.45, 2.75) is 20.5 Å². The van der Waals surface area contributed by atoms with Crippen LogP contribution in [0.15, 0.2) is 69.9 Å². The number of fused-ring (bicyclic) bond motifs is 1. The van der Waals surface area contributed by atoms with E-state index in [9.17, 15) is 9.18 Å². The average Bonchev–Trinajstić information content (AvgIpc) is 2.70. The van der Waals surface area contributed by atoms with E-state index in [2.05, 4.69) is 0 Å². The number of halogens is 2. The summed E-state index contributed by atoms with van der Waals surface area (Å²) in [5.41, 5.74) is 3.17. The molecular weight excluding hydrogens is 391 g/mol. The van der Waals surface area contributed by atoms with Gasteiger partial charge in [0.25, 0.3) is 0 Å². The summed E-state index contributed by atoms with van der Waals surface area (Å²) >= 11 is 6.00. The molecule has 3 nitrogen and oxygen atoms in total. The van der Waals surface area contributed by atoms with E-state index in [4.69, 9.17) is 20.8 Å². The Morgan fingerprint density at radius 3 is 2.41 bits per heavy atom. The number of benzene rings is 3. The minimum absolute atomic E-state index is 0.0475. The van der Waals surface area contributed by atoms with E-state index in [-0.39, 0.29) is 17.8 Å². The van der Waals surface area contributed by atoms with Crippen LogP contribution >= 0.6 is 11.6 Å². The lowest BCUT2D eigenvalue weighted by molar-refractivity contribution is 0.292. The van der Waals surface area contributed by atoms with Crippen molar-refractivity contribution in [3.63, 3.8) is 0 Å². The first kappa shape index (κ1) is 19.2. The van der Waals surface area contributed by atoms with Crippen LogP contribution in [0.1, 0.15) is 16.7 Å². The normalized spacial score (nSPS) is 11.0. The molecule has 29 heavy (non-hydrogen) atoms. The zero-order valence-electron chi connectivity index (χ0n) is 16.0. The molecule has 0 saturated heterocycles. The Bertz CT molecular complexity index is 1260. The van der Waals surface area contributed by atoms with E-state index in [0.717, 1.165) is 11.1 Å². The maximum Gasteiger partial charge on any atom is 0.235 e. The number of ether oxygens (including phenoxy) is 1. The Kier molecular flexibility index (Phi) is 5.12. The minimum atomic E-state index is -0.391. The molecule has 0 saturated carbocycles. The zero-order valence-corrected chi connectivity index (χ0v) is 16.7. The number of hydrogen-bond donors (Lipinski definition) is 0. The van der Waals surface area contributed by atoms with Crippen LogP contribution in [-0.4, -0.2) is 0 Å². The number of hydrogen-bond acceptors (Lipinski definition) is 3. The van der Waals surface area contributed by atoms with E-state index in [1.165, 1.54) is 6.07 Å². The van der Waals surface area contributed by atoms with Gasteiger partial charge in [-0.2, -0.15) is 0 Å². The van der Waals surface area contributed by atoms with Gasteiger partial charge in [0.15, 0.2) is 5.76 Å². The van der Waals surface area contributed by atoms with Crippen LogP contribution in [0.2, 0.25) is 5.02 Å². The lowest BCUT2D eigenvalue weighted by atomic mass is 10.0. The second kappa shape index (κ2) is 7.72. The van der Waals surface area contributed by atoms with Gasteiger partial charge < -0.3 is 9.15 Å². The monoisotopic (exact) mass is 408 g/mol. The van der Waals surface area contributed by atoms with Gasteiger partial charge in [0.2, 0.25) is 11.2 Å². The van der Waals surface area contributed by atoms with Gasteiger partial charge in [0.1, 0.15) is 18.0 Å². The lowest BCUT2D eigenvalue weighted by Crippen LogP contribution is -2.11. The molecule has 0 fully saturated rings. The average molecular weight is 409 g/mol. The Hall–Kier alpha value is -3.11. The summed E-state index contributed by atoms with van der Waals surface area (Å²) in [6.07, 6.45) is 0. The van der Waals surface area contributed by atoms with Crippen molar-refractivity contribution in [3.8, 4) is 17.1 Å². The van der Waals surface area contributed by atoms with Crippen LogP contribution in [0.5, 0.6) is 5.75 Å². The molecule has 0 N–H and O–H groups in total. The largest absolute Gasteiger partial charge is 0.481 e. The topological polar surface area (TPSA) is 39.4 Å². The van der Waals surface area contributed by atoms with Crippen LogP contribution in [0.25, 0.3) is 22.3 Å².